The largest absolute Gasteiger partial charge is 0.381 e. The second-order valence-electron chi connectivity index (χ2n) is 6.50. The van der Waals surface area contributed by atoms with Crippen LogP contribution in [0.15, 0.2) is 18.5 Å². The lowest BCUT2D eigenvalue weighted by atomic mass is 9.76. The molecule has 1 aromatic heterocycles. The number of aryl methyl sites for hydroxylation is 1. The van der Waals surface area contributed by atoms with Crippen LogP contribution in [0.5, 0.6) is 0 Å². The Bertz CT molecular complexity index is 531. The van der Waals surface area contributed by atoms with Gasteiger partial charge in [-0.1, -0.05) is 6.42 Å². The summed E-state index contributed by atoms with van der Waals surface area (Å²) in [5, 5.41) is 0. The predicted molar refractivity (Wildman–Crippen MR) is 81.2 cm³/mol. The van der Waals surface area contributed by atoms with E-state index in [1.54, 1.807) is 12.4 Å². The Morgan fingerprint density at radius 2 is 2.24 bits per heavy atom. The summed E-state index contributed by atoms with van der Waals surface area (Å²) in [4.78, 5) is 18.9. The van der Waals surface area contributed by atoms with Gasteiger partial charge in [0.15, 0.2) is 0 Å². The monoisotopic (exact) mass is 288 g/mol. The lowest BCUT2D eigenvalue weighted by Crippen LogP contribution is -2.49. The molecule has 1 spiro atoms. The first-order valence-electron chi connectivity index (χ1n) is 7.89. The molecule has 0 radical (unpaired) electrons. The van der Waals surface area contributed by atoms with Crippen molar-refractivity contribution in [3.63, 3.8) is 0 Å². The first-order valence-corrected chi connectivity index (χ1v) is 7.89. The van der Waals surface area contributed by atoms with E-state index in [-0.39, 0.29) is 11.3 Å². The average Bonchev–Trinajstić information content (AvgIpc) is 2.89. The zero-order valence-corrected chi connectivity index (χ0v) is 13.0. The molecule has 0 aromatic carbocycles. The van der Waals surface area contributed by atoms with Gasteiger partial charge in [-0.05, 0) is 44.2 Å². The number of rotatable bonds is 2. The van der Waals surface area contributed by atoms with E-state index in [9.17, 15) is 4.79 Å². The zero-order valence-electron chi connectivity index (χ0n) is 13.0. The van der Waals surface area contributed by atoms with Crippen molar-refractivity contribution in [2.45, 2.75) is 45.1 Å². The molecule has 1 aliphatic carbocycles. The molecule has 2 aliphatic rings. The van der Waals surface area contributed by atoms with Crippen LogP contribution in [0.2, 0.25) is 0 Å². The molecule has 21 heavy (non-hydrogen) atoms. The van der Waals surface area contributed by atoms with Crippen molar-refractivity contribution in [2.24, 2.45) is 5.41 Å². The van der Waals surface area contributed by atoms with Crippen molar-refractivity contribution in [3.8, 4) is 0 Å². The van der Waals surface area contributed by atoms with Gasteiger partial charge in [0.05, 0.1) is 11.7 Å². The SMILES string of the molecule is CO[C@@H]1CCC[C@]12CCCN(C(=O)c1cnccc1C)C2. The molecule has 2 fully saturated rings. The van der Waals surface area contributed by atoms with E-state index in [4.69, 9.17) is 4.74 Å². The third-order valence-corrected chi connectivity index (χ3v) is 5.27. The van der Waals surface area contributed by atoms with Crippen LogP contribution < -0.4 is 0 Å². The third kappa shape index (κ3) is 2.57. The van der Waals surface area contributed by atoms with Crippen LogP contribution in [0.4, 0.5) is 0 Å². The second-order valence-corrected chi connectivity index (χ2v) is 6.50. The van der Waals surface area contributed by atoms with E-state index >= 15 is 0 Å². The highest BCUT2D eigenvalue weighted by Crippen LogP contribution is 2.46. The van der Waals surface area contributed by atoms with Crippen molar-refractivity contribution in [2.75, 3.05) is 20.2 Å². The van der Waals surface area contributed by atoms with Gasteiger partial charge in [0.2, 0.25) is 0 Å². The van der Waals surface area contributed by atoms with Gasteiger partial charge in [0, 0.05) is 38.0 Å². The van der Waals surface area contributed by atoms with Gasteiger partial charge >= 0.3 is 0 Å². The zero-order chi connectivity index (χ0) is 14.9. The maximum Gasteiger partial charge on any atom is 0.255 e. The fraction of sp³-hybridized carbons (Fsp3) is 0.647. The van der Waals surface area contributed by atoms with Crippen LogP contribution >= 0.6 is 0 Å². The summed E-state index contributed by atoms with van der Waals surface area (Å²) in [6, 6.07) is 1.90. The minimum atomic E-state index is 0.126. The molecule has 1 aliphatic heterocycles. The van der Waals surface area contributed by atoms with Crippen molar-refractivity contribution < 1.29 is 9.53 Å². The molecule has 1 amide bonds. The van der Waals surface area contributed by atoms with Crippen molar-refractivity contribution in [3.05, 3.63) is 29.6 Å². The molecule has 0 unspecified atom stereocenters. The summed E-state index contributed by atoms with van der Waals surface area (Å²) in [6.45, 7) is 3.66. The molecule has 2 heterocycles. The summed E-state index contributed by atoms with van der Waals surface area (Å²) in [7, 11) is 1.81. The fourth-order valence-corrected chi connectivity index (χ4v) is 4.13. The molecule has 4 heteroatoms. The molecular formula is C17H24N2O2. The third-order valence-electron chi connectivity index (χ3n) is 5.27. The number of amides is 1. The Balaban J connectivity index is 1.80. The summed E-state index contributed by atoms with van der Waals surface area (Å²) in [5.74, 6) is 0.126. The van der Waals surface area contributed by atoms with Crippen LogP contribution in [0, 0.1) is 12.3 Å². The molecule has 0 N–H and O–H groups in total. The normalized spacial score (nSPS) is 29.0. The first-order chi connectivity index (χ1) is 10.2. The van der Waals surface area contributed by atoms with Crippen LogP contribution in [-0.2, 0) is 4.74 Å². The smallest absolute Gasteiger partial charge is 0.255 e. The number of hydrogen-bond acceptors (Lipinski definition) is 3. The summed E-state index contributed by atoms with van der Waals surface area (Å²) in [6.07, 6.45) is 9.52. The quantitative estimate of drug-likeness (QED) is 0.840. The number of methoxy groups -OCH3 is 1. The highest BCUT2D eigenvalue weighted by molar-refractivity contribution is 5.95. The number of aromatic nitrogens is 1. The highest BCUT2D eigenvalue weighted by atomic mass is 16.5. The van der Waals surface area contributed by atoms with Gasteiger partial charge in [0.1, 0.15) is 0 Å². The van der Waals surface area contributed by atoms with Gasteiger partial charge in [0.25, 0.3) is 5.91 Å². The predicted octanol–water partition coefficient (Wildman–Crippen LogP) is 2.81. The molecule has 1 saturated heterocycles. The number of pyridine rings is 1. The van der Waals surface area contributed by atoms with Crippen molar-refractivity contribution in [1.29, 1.82) is 0 Å². The van der Waals surface area contributed by atoms with Gasteiger partial charge in [-0.2, -0.15) is 0 Å². The number of piperidine rings is 1. The number of nitrogens with zero attached hydrogens (tertiary/aromatic N) is 2. The van der Waals surface area contributed by atoms with Crippen LogP contribution in [-0.4, -0.2) is 42.1 Å². The maximum atomic E-state index is 12.8. The maximum absolute atomic E-state index is 12.8. The minimum absolute atomic E-state index is 0.126. The number of hydrogen-bond donors (Lipinski definition) is 0. The Labute approximate surface area is 126 Å². The first kappa shape index (κ1) is 14.5. The summed E-state index contributed by atoms with van der Waals surface area (Å²) < 4.78 is 5.71. The van der Waals surface area contributed by atoms with E-state index in [0.717, 1.165) is 37.1 Å². The molecule has 1 aromatic rings. The Morgan fingerprint density at radius 3 is 3.00 bits per heavy atom. The molecule has 3 rings (SSSR count). The lowest BCUT2D eigenvalue weighted by Gasteiger charge is -2.43. The fourth-order valence-electron chi connectivity index (χ4n) is 4.13. The van der Waals surface area contributed by atoms with E-state index in [1.807, 2.05) is 25.0 Å². The summed E-state index contributed by atoms with van der Waals surface area (Å²) >= 11 is 0. The average molecular weight is 288 g/mol. The van der Waals surface area contributed by atoms with E-state index in [1.165, 1.54) is 19.3 Å². The second kappa shape index (κ2) is 5.76. The standard InChI is InChI=1S/C17H24N2O2/c1-13-6-9-18-11-14(13)16(20)19-10-4-8-17(12-19)7-3-5-15(17)21-2/h6,9,11,15H,3-5,7-8,10,12H2,1-2H3/t15-,17-/m1/s1. The molecule has 2 atom stereocenters. The molecule has 4 nitrogen and oxygen atoms in total. The molecular weight excluding hydrogens is 264 g/mol. The topological polar surface area (TPSA) is 42.4 Å². The van der Waals surface area contributed by atoms with E-state index in [2.05, 4.69) is 4.98 Å². The Kier molecular flexibility index (Phi) is 3.98. The van der Waals surface area contributed by atoms with E-state index < -0.39 is 0 Å². The number of carbonyl (C=O) groups is 1. The van der Waals surface area contributed by atoms with Crippen LogP contribution in [0.1, 0.15) is 48.0 Å². The molecule has 1 saturated carbocycles. The Morgan fingerprint density at radius 1 is 1.43 bits per heavy atom. The molecule has 114 valence electrons. The Hall–Kier alpha value is -1.42. The van der Waals surface area contributed by atoms with Gasteiger partial charge < -0.3 is 9.64 Å². The number of likely N-dealkylation sites (tertiary alicyclic amines) is 1. The molecule has 0 bridgehead atoms. The van der Waals surface area contributed by atoms with Crippen LogP contribution in [0.3, 0.4) is 0 Å². The van der Waals surface area contributed by atoms with Crippen molar-refractivity contribution in [1.82, 2.24) is 9.88 Å². The van der Waals surface area contributed by atoms with Crippen LogP contribution in [0.25, 0.3) is 0 Å². The van der Waals surface area contributed by atoms with E-state index in [0.29, 0.717) is 6.10 Å². The summed E-state index contributed by atoms with van der Waals surface area (Å²) in [5.41, 5.74) is 1.92. The van der Waals surface area contributed by atoms with Crippen molar-refractivity contribution >= 4 is 5.91 Å². The lowest BCUT2D eigenvalue weighted by molar-refractivity contribution is -0.0295. The van der Waals surface area contributed by atoms with Gasteiger partial charge in [-0.3, -0.25) is 9.78 Å². The minimum Gasteiger partial charge on any atom is -0.381 e. The number of ether oxygens (including phenoxy) is 1. The highest BCUT2D eigenvalue weighted by Gasteiger charge is 2.46. The van der Waals surface area contributed by atoms with Gasteiger partial charge in [-0.15, -0.1) is 0 Å². The number of carbonyl (C=O) groups excluding carboxylic acids is 1. The van der Waals surface area contributed by atoms with Gasteiger partial charge in [-0.25, -0.2) is 0 Å².